The fourth-order valence-corrected chi connectivity index (χ4v) is 4.72. The molecule has 1 saturated heterocycles. The van der Waals surface area contributed by atoms with Gasteiger partial charge in [-0.15, -0.1) is 0 Å². The molecule has 1 atom stereocenters. The number of benzene rings is 1. The maximum Gasteiger partial charge on any atom is 0.0270 e. The molecule has 0 bridgehead atoms. The van der Waals surface area contributed by atoms with Gasteiger partial charge >= 0.3 is 0 Å². The predicted molar refractivity (Wildman–Crippen MR) is 117 cm³/mol. The SMILES string of the molecule is C=C1c2ccc(CCc3ccncc3)cc2CCC1CCN1CCC(N)CC1. The molecule has 2 aliphatic rings. The van der Waals surface area contributed by atoms with Crippen LogP contribution in [0.15, 0.2) is 49.3 Å². The molecule has 28 heavy (non-hydrogen) atoms. The first-order valence-corrected chi connectivity index (χ1v) is 10.9. The van der Waals surface area contributed by atoms with Gasteiger partial charge in [-0.05, 0) is 110 Å². The Morgan fingerprint density at radius 1 is 1.00 bits per heavy atom. The minimum absolute atomic E-state index is 0.417. The largest absolute Gasteiger partial charge is 0.328 e. The third-order valence-electron chi connectivity index (χ3n) is 6.65. The van der Waals surface area contributed by atoms with Crippen molar-refractivity contribution in [3.8, 4) is 0 Å². The van der Waals surface area contributed by atoms with Gasteiger partial charge in [0.15, 0.2) is 0 Å². The van der Waals surface area contributed by atoms with E-state index in [0.717, 1.165) is 38.8 Å². The summed E-state index contributed by atoms with van der Waals surface area (Å²) in [6.07, 6.45) is 11.9. The summed E-state index contributed by atoms with van der Waals surface area (Å²) in [6, 6.07) is 11.7. The molecule has 4 rings (SSSR count). The zero-order chi connectivity index (χ0) is 19.3. The number of pyridine rings is 1. The van der Waals surface area contributed by atoms with Gasteiger partial charge in [-0.25, -0.2) is 0 Å². The van der Waals surface area contributed by atoms with Crippen LogP contribution in [0.1, 0.15) is 47.9 Å². The van der Waals surface area contributed by atoms with E-state index in [0.29, 0.717) is 12.0 Å². The monoisotopic (exact) mass is 375 g/mol. The fraction of sp³-hybridized carbons (Fsp3) is 0.480. The van der Waals surface area contributed by atoms with E-state index in [9.17, 15) is 0 Å². The molecule has 148 valence electrons. The van der Waals surface area contributed by atoms with Crippen LogP contribution >= 0.6 is 0 Å². The lowest BCUT2D eigenvalue weighted by Crippen LogP contribution is -2.40. The minimum Gasteiger partial charge on any atom is -0.328 e. The quantitative estimate of drug-likeness (QED) is 0.820. The molecular formula is C25H33N3. The van der Waals surface area contributed by atoms with E-state index >= 15 is 0 Å². The molecule has 1 aliphatic heterocycles. The minimum atomic E-state index is 0.417. The highest BCUT2D eigenvalue weighted by atomic mass is 15.1. The molecule has 1 aromatic heterocycles. The van der Waals surface area contributed by atoms with Crippen LogP contribution in [-0.4, -0.2) is 35.6 Å². The van der Waals surface area contributed by atoms with E-state index in [-0.39, 0.29) is 0 Å². The lowest BCUT2D eigenvalue weighted by molar-refractivity contribution is 0.203. The van der Waals surface area contributed by atoms with E-state index in [2.05, 4.69) is 46.8 Å². The smallest absolute Gasteiger partial charge is 0.0270 e. The summed E-state index contributed by atoms with van der Waals surface area (Å²) in [7, 11) is 0. The third-order valence-corrected chi connectivity index (χ3v) is 6.65. The van der Waals surface area contributed by atoms with Gasteiger partial charge in [0, 0.05) is 18.4 Å². The normalized spacial score (nSPS) is 20.9. The van der Waals surface area contributed by atoms with Crippen molar-refractivity contribution in [2.75, 3.05) is 19.6 Å². The molecule has 0 saturated carbocycles. The van der Waals surface area contributed by atoms with Gasteiger partial charge in [0.05, 0.1) is 0 Å². The second kappa shape index (κ2) is 9.02. The van der Waals surface area contributed by atoms with Crippen molar-refractivity contribution in [2.45, 2.75) is 51.0 Å². The molecule has 2 heterocycles. The predicted octanol–water partition coefficient (Wildman–Crippen LogP) is 4.26. The summed E-state index contributed by atoms with van der Waals surface area (Å²) in [5, 5.41) is 0. The van der Waals surface area contributed by atoms with Gasteiger partial charge in [0.25, 0.3) is 0 Å². The number of nitrogens with zero attached hydrogens (tertiary/aromatic N) is 2. The molecule has 1 aromatic carbocycles. The lowest BCUT2D eigenvalue weighted by Gasteiger charge is -2.33. The molecule has 1 unspecified atom stereocenters. The van der Waals surface area contributed by atoms with Gasteiger partial charge in [-0.3, -0.25) is 4.98 Å². The van der Waals surface area contributed by atoms with Crippen LogP contribution in [0.5, 0.6) is 0 Å². The van der Waals surface area contributed by atoms with Crippen LogP contribution in [0.4, 0.5) is 0 Å². The van der Waals surface area contributed by atoms with E-state index in [4.69, 9.17) is 5.73 Å². The molecule has 0 radical (unpaired) electrons. The Morgan fingerprint density at radius 3 is 2.54 bits per heavy atom. The van der Waals surface area contributed by atoms with E-state index in [1.165, 1.54) is 53.6 Å². The van der Waals surface area contributed by atoms with Gasteiger partial charge in [-0.2, -0.15) is 0 Å². The second-order valence-electron chi connectivity index (χ2n) is 8.58. The summed E-state index contributed by atoms with van der Waals surface area (Å²) in [4.78, 5) is 6.69. The highest BCUT2D eigenvalue weighted by molar-refractivity contribution is 5.70. The van der Waals surface area contributed by atoms with Gasteiger partial charge in [0.1, 0.15) is 0 Å². The first-order valence-electron chi connectivity index (χ1n) is 10.9. The standard InChI is InChI=1S/C25H33N3/c1-19-22(10-15-28-16-11-24(26)12-17-28)5-6-23-18-21(4-7-25(19)23)3-2-20-8-13-27-14-9-20/h4,7-9,13-14,18,22,24H,1-3,5-6,10-12,15-17,26H2. The van der Waals surface area contributed by atoms with E-state index in [1.54, 1.807) is 0 Å². The maximum absolute atomic E-state index is 6.03. The van der Waals surface area contributed by atoms with Gasteiger partial charge < -0.3 is 10.6 Å². The average molecular weight is 376 g/mol. The summed E-state index contributed by atoms with van der Waals surface area (Å²) in [5.74, 6) is 0.630. The topological polar surface area (TPSA) is 42.2 Å². The van der Waals surface area contributed by atoms with Crippen molar-refractivity contribution < 1.29 is 0 Å². The van der Waals surface area contributed by atoms with E-state index in [1.807, 2.05) is 12.4 Å². The van der Waals surface area contributed by atoms with Crippen LogP contribution in [0.3, 0.4) is 0 Å². The number of hydrogen-bond donors (Lipinski definition) is 1. The Labute approximate surface area is 169 Å². The van der Waals surface area contributed by atoms with E-state index < -0.39 is 0 Å². The van der Waals surface area contributed by atoms with Crippen LogP contribution in [0, 0.1) is 5.92 Å². The molecule has 2 N–H and O–H groups in total. The zero-order valence-electron chi connectivity index (χ0n) is 16.9. The number of aryl methyl sites for hydroxylation is 3. The van der Waals surface area contributed by atoms with Crippen molar-refractivity contribution in [1.82, 2.24) is 9.88 Å². The Hall–Kier alpha value is -1.97. The fourth-order valence-electron chi connectivity index (χ4n) is 4.72. The number of likely N-dealkylation sites (tertiary alicyclic amines) is 1. The molecule has 0 spiro atoms. The first kappa shape index (κ1) is 19.4. The number of fused-ring (bicyclic) bond motifs is 1. The summed E-state index contributed by atoms with van der Waals surface area (Å²) in [6.45, 7) is 8.01. The van der Waals surface area contributed by atoms with Crippen LogP contribution < -0.4 is 5.73 Å². The van der Waals surface area contributed by atoms with Gasteiger partial charge in [-0.1, -0.05) is 24.8 Å². The van der Waals surface area contributed by atoms with Crippen molar-refractivity contribution in [3.63, 3.8) is 0 Å². The second-order valence-corrected chi connectivity index (χ2v) is 8.58. The molecule has 1 fully saturated rings. The summed E-state index contributed by atoms with van der Waals surface area (Å²) in [5.41, 5.74) is 13.1. The number of aromatic nitrogens is 1. The van der Waals surface area contributed by atoms with Crippen molar-refractivity contribution in [3.05, 3.63) is 71.6 Å². The van der Waals surface area contributed by atoms with Crippen molar-refractivity contribution in [1.29, 1.82) is 0 Å². The molecule has 1 aliphatic carbocycles. The Kier molecular flexibility index (Phi) is 6.23. The van der Waals surface area contributed by atoms with Crippen molar-refractivity contribution >= 4 is 5.57 Å². The maximum atomic E-state index is 6.03. The Balaban J connectivity index is 1.33. The highest BCUT2D eigenvalue weighted by Gasteiger charge is 2.24. The summed E-state index contributed by atoms with van der Waals surface area (Å²) < 4.78 is 0. The lowest BCUT2D eigenvalue weighted by atomic mass is 9.78. The molecule has 2 aromatic rings. The highest BCUT2D eigenvalue weighted by Crippen LogP contribution is 2.37. The number of rotatable bonds is 6. The number of piperidine rings is 1. The van der Waals surface area contributed by atoms with Crippen LogP contribution in [0.25, 0.3) is 5.57 Å². The average Bonchev–Trinajstić information content (AvgIpc) is 2.74. The molecule has 3 heteroatoms. The molecule has 0 amide bonds. The van der Waals surface area contributed by atoms with Crippen LogP contribution in [0.2, 0.25) is 0 Å². The summed E-state index contributed by atoms with van der Waals surface area (Å²) >= 11 is 0. The van der Waals surface area contributed by atoms with Gasteiger partial charge in [0.2, 0.25) is 0 Å². The molecular weight excluding hydrogens is 342 g/mol. The Morgan fingerprint density at radius 2 is 1.75 bits per heavy atom. The van der Waals surface area contributed by atoms with Crippen LogP contribution in [-0.2, 0) is 19.3 Å². The molecule has 3 nitrogen and oxygen atoms in total. The Bertz CT molecular complexity index is 791. The first-order chi connectivity index (χ1) is 13.7. The van der Waals surface area contributed by atoms with Crippen molar-refractivity contribution in [2.24, 2.45) is 11.7 Å². The number of allylic oxidation sites excluding steroid dienone is 1. The third kappa shape index (κ3) is 4.71. The number of hydrogen-bond acceptors (Lipinski definition) is 3. The number of nitrogens with two attached hydrogens (primary N) is 1. The zero-order valence-corrected chi connectivity index (χ0v) is 16.9.